The predicted molar refractivity (Wildman–Crippen MR) is 153 cm³/mol. The largest absolute Gasteiger partial charge is 0.508 e. The summed E-state index contributed by atoms with van der Waals surface area (Å²) >= 11 is 0. The minimum Gasteiger partial charge on any atom is -0.508 e. The molecule has 5 rings (SSSR count). The summed E-state index contributed by atoms with van der Waals surface area (Å²) in [7, 11) is 0. The number of nitrogens with one attached hydrogen (secondary N) is 1. The minimum atomic E-state index is -0.644. The Balaban J connectivity index is 1.45. The summed E-state index contributed by atoms with van der Waals surface area (Å²) in [5, 5.41) is 12.9. The number of benzodiazepines with no additional fused rings is 1. The molecular formula is C31H34N4O4. The second-order valence-electron chi connectivity index (χ2n) is 10.9. The van der Waals surface area contributed by atoms with Gasteiger partial charge in [-0.15, -0.1) is 0 Å². The maximum Gasteiger partial charge on any atom is 0.410 e. The number of benzene rings is 3. The Morgan fingerprint density at radius 2 is 1.67 bits per heavy atom. The number of phenolic OH excluding ortho intramolecular Hbond substituents is 1. The first-order valence-corrected chi connectivity index (χ1v) is 13.3. The van der Waals surface area contributed by atoms with Gasteiger partial charge in [0.05, 0.1) is 17.1 Å². The van der Waals surface area contributed by atoms with Crippen molar-refractivity contribution < 1.29 is 19.4 Å². The number of rotatable bonds is 4. The number of para-hydroxylation sites is 1. The van der Waals surface area contributed by atoms with Crippen LogP contribution in [0, 0.1) is 0 Å². The van der Waals surface area contributed by atoms with Crippen LogP contribution in [0.4, 0.5) is 16.2 Å². The van der Waals surface area contributed by atoms with E-state index in [1.165, 1.54) is 0 Å². The lowest BCUT2D eigenvalue weighted by atomic mass is 9.99. The lowest BCUT2D eigenvalue weighted by Crippen LogP contribution is -2.50. The molecule has 1 fully saturated rings. The summed E-state index contributed by atoms with van der Waals surface area (Å²) in [6.07, 6.45) is 0.0956. The van der Waals surface area contributed by atoms with Crippen LogP contribution in [0.3, 0.4) is 0 Å². The molecule has 0 unspecified atom stereocenters. The molecule has 3 aromatic rings. The fraction of sp³-hybridized carbons (Fsp3) is 0.323. The highest BCUT2D eigenvalue weighted by molar-refractivity contribution is 6.21. The average molecular weight is 527 g/mol. The van der Waals surface area contributed by atoms with E-state index in [2.05, 4.69) is 10.2 Å². The van der Waals surface area contributed by atoms with Gasteiger partial charge in [-0.3, -0.25) is 9.79 Å². The smallest absolute Gasteiger partial charge is 0.410 e. The third-order valence-corrected chi connectivity index (χ3v) is 6.82. The number of aromatic hydroxyl groups is 1. The van der Waals surface area contributed by atoms with Gasteiger partial charge >= 0.3 is 6.09 Å². The summed E-state index contributed by atoms with van der Waals surface area (Å²) in [6.45, 7) is 7.86. The van der Waals surface area contributed by atoms with Crippen LogP contribution in [-0.4, -0.2) is 65.5 Å². The van der Waals surface area contributed by atoms with Crippen molar-refractivity contribution >= 4 is 29.1 Å². The highest BCUT2D eigenvalue weighted by Gasteiger charge is 2.31. The van der Waals surface area contributed by atoms with Crippen molar-refractivity contribution in [3.63, 3.8) is 0 Å². The molecule has 2 N–H and O–H groups in total. The summed E-state index contributed by atoms with van der Waals surface area (Å²) in [5.74, 6) is -0.00328. The Bertz CT molecular complexity index is 1370. The van der Waals surface area contributed by atoms with Crippen LogP contribution in [0.15, 0.2) is 77.8 Å². The van der Waals surface area contributed by atoms with Crippen molar-refractivity contribution in [3.8, 4) is 5.75 Å². The fourth-order valence-electron chi connectivity index (χ4n) is 4.90. The number of nitrogens with zero attached hydrogens (tertiary/aromatic N) is 3. The lowest BCUT2D eigenvalue weighted by Gasteiger charge is -2.37. The molecule has 202 valence electrons. The number of phenols is 1. The number of fused-ring (bicyclic) bond motifs is 1. The van der Waals surface area contributed by atoms with Gasteiger partial charge in [-0.05, 0) is 44.5 Å². The Kier molecular flexibility index (Phi) is 7.28. The maximum atomic E-state index is 13.6. The lowest BCUT2D eigenvalue weighted by molar-refractivity contribution is -0.117. The Morgan fingerprint density at radius 3 is 2.33 bits per heavy atom. The molecule has 0 aliphatic carbocycles. The van der Waals surface area contributed by atoms with E-state index in [0.29, 0.717) is 32.6 Å². The number of amides is 2. The third-order valence-electron chi connectivity index (χ3n) is 6.82. The topological polar surface area (TPSA) is 94.5 Å². The molecule has 3 aromatic carbocycles. The average Bonchev–Trinajstić information content (AvgIpc) is 3.05. The summed E-state index contributed by atoms with van der Waals surface area (Å²) in [5.41, 5.74) is 4.53. The Morgan fingerprint density at radius 1 is 0.974 bits per heavy atom. The molecule has 2 heterocycles. The van der Waals surface area contributed by atoms with Crippen LogP contribution in [0.1, 0.15) is 37.5 Å². The van der Waals surface area contributed by atoms with Crippen LogP contribution in [0.2, 0.25) is 0 Å². The van der Waals surface area contributed by atoms with E-state index in [-0.39, 0.29) is 17.7 Å². The van der Waals surface area contributed by atoms with E-state index >= 15 is 0 Å². The SMILES string of the molecule is CC(C)(C)OC(=O)N1CCN(c2cccc3c2NC(=O)[C@H](Cc2ccc(O)cc2)N=C3c2ccccc2)CC1. The van der Waals surface area contributed by atoms with E-state index in [4.69, 9.17) is 9.73 Å². The first-order valence-electron chi connectivity index (χ1n) is 13.3. The molecule has 0 radical (unpaired) electrons. The molecule has 0 bridgehead atoms. The van der Waals surface area contributed by atoms with Crippen molar-refractivity contribution in [1.82, 2.24) is 4.90 Å². The van der Waals surface area contributed by atoms with Gasteiger partial charge in [0.25, 0.3) is 0 Å². The Hall–Kier alpha value is -4.33. The molecule has 8 nitrogen and oxygen atoms in total. The highest BCUT2D eigenvalue weighted by atomic mass is 16.6. The number of hydrogen-bond donors (Lipinski definition) is 2. The van der Waals surface area contributed by atoms with Crippen LogP contribution in [-0.2, 0) is 16.0 Å². The molecule has 0 spiro atoms. The van der Waals surface area contributed by atoms with E-state index in [1.807, 2.05) is 81.4 Å². The van der Waals surface area contributed by atoms with Gasteiger partial charge in [0.15, 0.2) is 0 Å². The van der Waals surface area contributed by atoms with Gasteiger partial charge in [0.1, 0.15) is 17.4 Å². The molecule has 1 saturated heterocycles. The van der Waals surface area contributed by atoms with Crippen molar-refractivity contribution in [2.45, 2.75) is 38.8 Å². The first kappa shape index (κ1) is 26.3. The van der Waals surface area contributed by atoms with Crippen LogP contribution in [0.25, 0.3) is 0 Å². The number of carbonyl (C=O) groups is 2. The first-order chi connectivity index (χ1) is 18.7. The van der Waals surface area contributed by atoms with E-state index < -0.39 is 11.6 Å². The van der Waals surface area contributed by atoms with Gasteiger partial charge in [0, 0.05) is 43.7 Å². The third kappa shape index (κ3) is 6.06. The minimum absolute atomic E-state index is 0.182. The quantitative estimate of drug-likeness (QED) is 0.507. The summed E-state index contributed by atoms with van der Waals surface area (Å²) in [4.78, 5) is 35.1. The molecule has 2 aliphatic rings. The van der Waals surface area contributed by atoms with Gasteiger partial charge < -0.3 is 25.0 Å². The second-order valence-corrected chi connectivity index (χ2v) is 10.9. The number of ether oxygens (including phenoxy) is 1. The molecule has 1 atom stereocenters. The number of anilines is 2. The molecule has 2 aliphatic heterocycles. The number of hydrogen-bond acceptors (Lipinski definition) is 6. The standard InChI is InChI=1S/C31H34N4O4/c1-31(2,3)39-30(38)35-18-16-34(17-19-35)26-11-7-10-24-27(22-8-5-4-6-9-22)32-25(29(37)33-28(24)26)20-21-12-14-23(36)15-13-21/h4-15,25,36H,16-20H2,1-3H3,(H,33,37)/t25-/m0/s1. The predicted octanol–water partition coefficient (Wildman–Crippen LogP) is 4.85. The number of carbonyl (C=O) groups excluding carboxylic acids is 2. The summed E-state index contributed by atoms with van der Waals surface area (Å²) in [6, 6.07) is 22.1. The zero-order valence-corrected chi connectivity index (χ0v) is 22.6. The van der Waals surface area contributed by atoms with Gasteiger partial charge in [-0.2, -0.15) is 0 Å². The van der Waals surface area contributed by atoms with Crippen LogP contribution < -0.4 is 10.2 Å². The maximum absolute atomic E-state index is 13.6. The summed E-state index contributed by atoms with van der Waals surface area (Å²) < 4.78 is 5.55. The second kappa shape index (κ2) is 10.8. The van der Waals surface area contributed by atoms with Crippen molar-refractivity contribution in [3.05, 3.63) is 89.5 Å². The van der Waals surface area contributed by atoms with Gasteiger partial charge in [0.2, 0.25) is 5.91 Å². The van der Waals surface area contributed by atoms with Gasteiger partial charge in [-0.25, -0.2) is 4.79 Å². The van der Waals surface area contributed by atoms with E-state index in [1.54, 1.807) is 17.0 Å². The molecular weight excluding hydrogens is 492 g/mol. The highest BCUT2D eigenvalue weighted by Crippen LogP contribution is 2.35. The van der Waals surface area contributed by atoms with Crippen LogP contribution in [0.5, 0.6) is 5.75 Å². The zero-order chi connectivity index (χ0) is 27.6. The molecule has 0 saturated carbocycles. The number of aliphatic imine (C=N–C) groups is 1. The fourth-order valence-corrected chi connectivity index (χ4v) is 4.90. The Labute approximate surface area is 228 Å². The van der Waals surface area contributed by atoms with E-state index in [9.17, 15) is 14.7 Å². The molecule has 0 aromatic heterocycles. The van der Waals surface area contributed by atoms with E-state index in [0.717, 1.165) is 33.8 Å². The van der Waals surface area contributed by atoms with Crippen LogP contribution >= 0.6 is 0 Å². The monoisotopic (exact) mass is 526 g/mol. The molecule has 2 amide bonds. The van der Waals surface area contributed by atoms with Crippen molar-refractivity contribution in [2.24, 2.45) is 4.99 Å². The zero-order valence-electron chi connectivity index (χ0n) is 22.6. The number of piperazine rings is 1. The normalized spacial score (nSPS) is 17.6. The molecule has 39 heavy (non-hydrogen) atoms. The van der Waals surface area contributed by atoms with Crippen molar-refractivity contribution in [2.75, 3.05) is 36.4 Å². The van der Waals surface area contributed by atoms with Crippen molar-refractivity contribution in [1.29, 1.82) is 0 Å². The molecule has 8 heteroatoms. The van der Waals surface area contributed by atoms with Gasteiger partial charge in [-0.1, -0.05) is 54.6 Å².